The van der Waals surface area contributed by atoms with E-state index >= 15 is 0 Å². The van der Waals surface area contributed by atoms with E-state index in [0.717, 1.165) is 24.0 Å². The monoisotopic (exact) mass is 440 g/mol. The zero-order valence-corrected chi connectivity index (χ0v) is 18.6. The van der Waals surface area contributed by atoms with Crippen LogP contribution in [0.1, 0.15) is 36.8 Å². The van der Waals surface area contributed by atoms with E-state index in [4.69, 9.17) is 0 Å². The van der Waals surface area contributed by atoms with Crippen LogP contribution in [-0.4, -0.2) is 37.0 Å². The molecule has 1 spiro atoms. The van der Waals surface area contributed by atoms with E-state index in [9.17, 15) is 13.2 Å². The van der Waals surface area contributed by atoms with Gasteiger partial charge in [-0.3, -0.25) is 4.79 Å². The van der Waals surface area contributed by atoms with E-state index in [-0.39, 0.29) is 17.6 Å². The lowest BCUT2D eigenvalue weighted by atomic mass is 9.79. The molecule has 1 amide bonds. The third-order valence-corrected chi connectivity index (χ3v) is 11.8. The maximum absolute atomic E-state index is 12.9. The Morgan fingerprint density at radius 1 is 1.11 bits per heavy atom. The number of hydrogen-bond acceptors (Lipinski definition) is 5. The number of carbonyl (C=O) groups is 1. The molecule has 154 valence electrons. The van der Waals surface area contributed by atoms with Crippen LogP contribution in [0.15, 0.2) is 24.3 Å². The van der Waals surface area contributed by atoms with Crippen LogP contribution < -0.4 is 10.0 Å². The van der Waals surface area contributed by atoms with E-state index in [0.29, 0.717) is 22.5 Å². The number of rotatable bonds is 6. The summed E-state index contributed by atoms with van der Waals surface area (Å²) in [5.41, 5.74) is 1.60. The fraction of sp³-hybridized carbons (Fsp3) is 0.650. The average Bonchev–Trinajstić information content (AvgIpc) is 3.22. The van der Waals surface area contributed by atoms with E-state index in [1.807, 2.05) is 24.3 Å². The molecule has 2 saturated carbocycles. The van der Waals surface area contributed by atoms with Gasteiger partial charge in [0.05, 0.1) is 9.83 Å². The molecule has 1 aromatic carbocycles. The number of carbonyl (C=O) groups excluding carboxylic acids is 1. The lowest BCUT2D eigenvalue weighted by Gasteiger charge is -2.42. The smallest absolute Gasteiger partial charge is 0.223 e. The van der Waals surface area contributed by atoms with Crippen LogP contribution in [0.4, 0.5) is 0 Å². The van der Waals surface area contributed by atoms with Gasteiger partial charge in [-0.2, -0.15) is 0 Å². The summed E-state index contributed by atoms with van der Waals surface area (Å²) in [5.74, 6) is 3.98. The molecule has 4 rings (SSSR count). The fourth-order valence-corrected chi connectivity index (χ4v) is 9.86. The molecular weight excluding hydrogens is 412 g/mol. The minimum Gasteiger partial charge on any atom is -0.352 e. The Morgan fingerprint density at radius 2 is 1.71 bits per heavy atom. The van der Waals surface area contributed by atoms with Crippen molar-refractivity contribution in [3.8, 4) is 0 Å². The summed E-state index contributed by atoms with van der Waals surface area (Å²) in [6.45, 7) is 0.384. The highest BCUT2D eigenvalue weighted by Crippen LogP contribution is 2.65. The normalized spacial score (nSPS) is 28.5. The molecule has 1 heterocycles. The average molecular weight is 441 g/mol. The number of nitrogens with one attached hydrogen (secondary N) is 2. The summed E-state index contributed by atoms with van der Waals surface area (Å²) in [6.07, 6.45) is 4.52. The summed E-state index contributed by atoms with van der Waals surface area (Å²) in [7, 11) is -1.92. The van der Waals surface area contributed by atoms with Gasteiger partial charge in [-0.1, -0.05) is 24.3 Å². The Bertz CT molecular complexity index is 821. The highest BCUT2D eigenvalue weighted by molar-refractivity contribution is 8.21. The van der Waals surface area contributed by atoms with Crippen LogP contribution in [0.3, 0.4) is 0 Å². The molecule has 2 unspecified atom stereocenters. The Hall–Kier alpha value is -0.700. The van der Waals surface area contributed by atoms with Crippen LogP contribution in [0, 0.1) is 17.8 Å². The number of benzene rings is 1. The molecule has 8 heteroatoms. The van der Waals surface area contributed by atoms with Crippen molar-refractivity contribution in [2.45, 2.75) is 42.1 Å². The minimum atomic E-state index is -3.34. The highest BCUT2D eigenvalue weighted by atomic mass is 32.2. The highest BCUT2D eigenvalue weighted by Gasteiger charge is 2.57. The van der Waals surface area contributed by atoms with Crippen molar-refractivity contribution in [3.05, 3.63) is 35.4 Å². The van der Waals surface area contributed by atoms with Gasteiger partial charge in [0, 0.05) is 24.0 Å². The third-order valence-electron chi connectivity index (χ3n) is 6.48. The van der Waals surface area contributed by atoms with E-state index < -0.39 is 10.0 Å². The molecule has 2 bridgehead atoms. The summed E-state index contributed by atoms with van der Waals surface area (Å²) in [6, 6.07) is 7.43. The Kier molecular flexibility index (Phi) is 6.03. The van der Waals surface area contributed by atoms with Gasteiger partial charge < -0.3 is 5.32 Å². The molecule has 3 fully saturated rings. The van der Waals surface area contributed by atoms with Crippen molar-refractivity contribution in [1.82, 2.24) is 10.0 Å². The first-order chi connectivity index (χ1) is 13.4. The first-order valence-corrected chi connectivity index (χ1v) is 13.6. The first kappa shape index (κ1) is 20.6. The van der Waals surface area contributed by atoms with Gasteiger partial charge in [0.15, 0.2) is 0 Å². The van der Waals surface area contributed by atoms with Crippen molar-refractivity contribution in [2.75, 3.05) is 18.6 Å². The van der Waals surface area contributed by atoms with Crippen molar-refractivity contribution >= 4 is 39.5 Å². The Morgan fingerprint density at radius 3 is 2.32 bits per heavy atom. The van der Waals surface area contributed by atoms with Gasteiger partial charge in [0.2, 0.25) is 15.9 Å². The summed E-state index contributed by atoms with van der Waals surface area (Å²) in [5, 5.41) is 3.09. The maximum Gasteiger partial charge on any atom is 0.223 e. The van der Waals surface area contributed by atoms with Gasteiger partial charge in [-0.25, -0.2) is 13.1 Å². The van der Waals surface area contributed by atoms with Crippen molar-refractivity contribution in [3.63, 3.8) is 0 Å². The van der Waals surface area contributed by atoms with Gasteiger partial charge in [-0.05, 0) is 55.7 Å². The second-order valence-corrected chi connectivity index (χ2v) is 12.9. The molecule has 3 aliphatic rings. The second kappa shape index (κ2) is 8.20. The largest absolute Gasteiger partial charge is 0.352 e. The third kappa shape index (κ3) is 3.98. The van der Waals surface area contributed by atoms with E-state index in [1.54, 1.807) is 0 Å². The Balaban J connectivity index is 1.38. The molecule has 2 N–H and O–H groups in total. The molecule has 2 aliphatic carbocycles. The molecule has 0 aromatic heterocycles. The second-order valence-electron chi connectivity index (χ2n) is 8.01. The molecule has 1 aromatic rings. The molecule has 1 saturated heterocycles. The molecule has 5 nitrogen and oxygen atoms in total. The molecule has 0 radical (unpaired) electrons. The van der Waals surface area contributed by atoms with Crippen LogP contribution in [-0.2, 0) is 27.1 Å². The number of thioether (sulfide) groups is 2. The summed E-state index contributed by atoms with van der Waals surface area (Å²) < 4.78 is 26.6. The molecule has 2 atom stereocenters. The zero-order chi connectivity index (χ0) is 19.8. The lowest BCUT2D eigenvalue weighted by molar-refractivity contribution is -0.126. The number of hydrogen-bond donors (Lipinski definition) is 2. The zero-order valence-electron chi connectivity index (χ0n) is 16.1. The van der Waals surface area contributed by atoms with Crippen LogP contribution in [0.25, 0.3) is 0 Å². The molecular formula is C20H28N2O3S3. The topological polar surface area (TPSA) is 75.3 Å². The quantitative estimate of drug-likeness (QED) is 0.711. The van der Waals surface area contributed by atoms with Crippen LogP contribution >= 0.6 is 23.5 Å². The van der Waals surface area contributed by atoms with Crippen molar-refractivity contribution in [1.29, 1.82) is 0 Å². The van der Waals surface area contributed by atoms with Crippen LogP contribution in [0.2, 0.25) is 0 Å². The standard InChI is InChI=1S/C20H28N2O3S3/c1-21-28(24,25)13-15-5-3-2-4-14(15)12-22-19(23)16-10-17-6-7-18(11-16)20(17)26-8-9-27-20/h2-5,16-18,21H,6-13H2,1H3,(H,22,23). The van der Waals surface area contributed by atoms with Gasteiger partial charge in [-0.15, -0.1) is 23.5 Å². The van der Waals surface area contributed by atoms with Gasteiger partial charge in [0.25, 0.3) is 0 Å². The minimum absolute atomic E-state index is 0.0694. The number of amides is 1. The van der Waals surface area contributed by atoms with Gasteiger partial charge in [0.1, 0.15) is 0 Å². The first-order valence-electron chi connectivity index (χ1n) is 9.97. The van der Waals surface area contributed by atoms with Crippen molar-refractivity contribution < 1.29 is 13.2 Å². The molecule has 28 heavy (non-hydrogen) atoms. The predicted molar refractivity (Wildman–Crippen MR) is 117 cm³/mol. The lowest BCUT2D eigenvalue weighted by Crippen LogP contribution is -2.42. The SMILES string of the molecule is CNS(=O)(=O)Cc1ccccc1CNC(=O)C1CC2CCC(C1)C21SCCS1. The maximum atomic E-state index is 12.9. The van der Waals surface area contributed by atoms with E-state index in [1.165, 1.54) is 31.4 Å². The van der Waals surface area contributed by atoms with Gasteiger partial charge >= 0.3 is 0 Å². The predicted octanol–water partition coefficient (Wildman–Crippen LogP) is 2.96. The number of sulfonamides is 1. The fourth-order valence-electron chi connectivity index (χ4n) is 5.09. The van der Waals surface area contributed by atoms with E-state index in [2.05, 4.69) is 33.6 Å². The van der Waals surface area contributed by atoms with Crippen LogP contribution in [0.5, 0.6) is 0 Å². The Labute approximate surface area is 176 Å². The summed E-state index contributed by atoms with van der Waals surface area (Å²) in [4.78, 5) is 12.9. The summed E-state index contributed by atoms with van der Waals surface area (Å²) >= 11 is 4.29. The van der Waals surface area contributed by atoms with Crippen molar-refractivity contribution in [2.24, 2.45) is 17.8 Å². The molecule has 1 aliphatic heterocycles.